The van der Waals surface area contributed by atoms with Crippen LogP contribution in [0.15, 0.2) is 52.5 Å². The number of nitrogens with zero attached hydrogens (tertiary/aromatic N) is 2. The molecule has 2 aromatic carbocycles. The third-order valence-corrected chi connectivity index (χ3v) is 6.26. The van der Waals surface area contributed by atoms with Gasteiger partial charge < -0.3 is 9.84 Å². The Morgan fingerprint density at radius 1 is 1.27 bits per heavy atom. The molecule has 0 aliphatic rings. The van der Waals surface area contributed by atoms with Gasteiger partial charge in [-0.05, 0) is 87.1 Å². The van der Waals surface area contributed by atoms with Crippen molar-refractivity contribution in [3.8, 4) is 5.75 Å². The fourth-order valence-electron chi connectivity index (χ4n) is 2.62. The number of hydrogen-bond donors (Lipinski definition) is 2. The molecule has 30 heavy (non-hydrogen) atoms. The number of aromatic nitrogens is 3. The Bertz CT molecular complexity index is 1050. The zero-order chi connectivity index (χ0) is 21.5. The molecule has 0 saturated carbocycles. The fourth-order valence-corrected chi connectivity index (χ4v) is 5.38. The summed E-state index contributed by atoms with van der Waals surface area (Å²) in [6.45, 7) is 2.45. The Morgan fingerprint density at radius 3 is 2.73 bits per heavy atom. The third-order valence-electron chi connectivity index (χ3n) is 3.96. The van der Waals surface area contributed by atoms with Crippen LogP contribution in [0.2, 0.25) is 0 Å². The second-order valence-electron chi connectivity index (χ2n) is 6.31. The van der Waals surface area contributed by atoms with Crippen molar-refractivity contribution in [1.82, 2.24) is 15.2 Å². The number of aryl methyl sites for hydroxylation is 1. The summed E-state index contributed by atoms with van der Waals surface area (Å²) in [7, 11) is 0. The summed E-state index contributed by atoms with van der Waals surface area (Å²) in [6.07, 6.45) is 3.32. The number of carboxylic acid groups (broad SMARTS) is 1. The predicted octanol–water partition coefficient (Wildman–Crippen LogP) is 5.76. The molecule has 0 fully saturated rings. The Balaban J connectivity index is 1.90. The number of carbonyl (C=O) groups is 1. The highest BCUT2D eigenvalue weighted by molar-refractivity contribution is 14.1. The highest BCUT2D eigenvalue weighted by atomic mass is 127. The number of thioether (sulfide) groups is 1. The van der Waals surface area contributed by atoms with Crippen LogP contribution in [0.25, 0.3) is 6.08 Å². The minimum absolute atomic E-state index is 0.124. The predicted molar refractivity (Wildman–Crippen MR) is 134 cm³/mol. The summed E-state index contributed by atoms with van der Waals surface area (Å²) in [5.74, 6) is 0.367. The van der Waals surface area contributed by atoms with E-state index in [1.54, 1.807) is 6.08 Å². The molecule has 156 valence electrons. The zero-order valence-electron chi connectivity index (χ0n) is 16.1. The molecule has 1 heterocycles. The molecule has 0 unspecified atom stereocenters. The number of aliphatic carboxylic acids is 1. The molecule has 2 N–H and O–H groups in total. The van der Waals surface area contributed by atoms with Gasteiger partial charge in [0.15, 0.2) is 0 Å². The second kappa shape index (κ2) is 11.1. The van der Waals surface area contributed by atoms with E-state index in [1.807, 2.05) is 49.4 Å². The highest BCUT2D eigenvalue weighted by Crippen LogP contribution is 2.34. The van der Waals surface area contributed by atoms with Crippen molar-refractivity contribution in [2.45, 2.75) is 31.5 Å². The average molecular weight is 647 g/mol. The molecular formula is C21H19I2N3O3S. The van der Waals surface area contributed by atoms with E-state index in [1.165, 1.54) is 0 Å². The van der Waals surface area contributed by atoms with Gasteiger partial charge in [-0.2, -0.15) is 0 Å². The van der Waals surface area contributed by atoms with E-state index >= 15 is 0 Å². The monoisotopic (exact) mass is 647 g/mol. The molecule has 0 spiro atoms. The maximum Gasteiger partial charge on any atom is 0.342 e. The van der Waals surface area contributed by atoms with E-state index in [2.05, 4.69) is 60.4 Å². The second-order valence-corrected chi connectivity index (χ2v) is 9.73. The van der Waals surface area contributed by atoms with E-state index in [0.29, 0.717) is 23.1 Å². The van der Waals surface area contributed by atoms with E-state index in [4.69, 9.17) is 4.74 Å². The number of carboxylic acids is 1. The fraction of sp³-hybridized carbons (Fsp3) is 0.190. The maximum atomic E-state index is 11.9. The van der Waals surface area contributed by atoms with Gasteiger partial charge in [0.2, 0.25) is 5.16 Å². The van der Waals surface area contributed by atoms with Gasteiger partial charge in [-0.1, -0.05) is 37.3 Å². The number of aromatic amines is 1. The quantitative estimate of drug-likeness (QED) is 0.175. The van der Waals surface area contributed by atoms with Crippen LogP contribution in [0.1, 0.15) is 30.3 Å². The lowest BCUT2D eigenvalue weighted by atomic mass is 10.2. The molecule has 3 aromatic rings. The van der Waals surface area contributed by atoms with Crippen LogP contribution in [0.5, 0.6) is 5.75 Å². The molecule has 0 atom stereocenters. The molecule has 1 aromatic heterocycles. The lowest BCUT2D eigenvalue weighted by Gasteiger charge is -2.13. The maximum absolute atomic E-state index is 11.9. The van der Waals surface area contributed by atoms with Gasteiger partial charge in [0, 0.05) is 15.6 Å². The van der Waals surface area contributed by atoms with E-state index in [9.17, 15) is 9.90 Å². The standard InChI is InChI=1S/C21H19I2N3O3S/c1-2-6-18-24-21(26-25-18)30-17(20(27)28)10-14-9-15(22)11-16(23)19(14)29-12-13-7-4-3-5-8-13/h3-5,7-11H,2,6,12H2,1H3,(H,27,28)(H,24,25,26)/b17-10-. The molecule has 0 amide bonds. The molecule has 0 aliphatic heterocycles. The first-order chi connectivity index (χ1) is 14.5. The lowest BCUT2D eigenvalue weighted by molar-refractivity contribution is -0.131. The minimum atomic E-state index is -1.04. The van der Waals surface area contributed by atoms with Crippen LogP contribution >= 0.6 is 56.9 Å². The van der Waals surface area contributed by atoms with Crippen molar-refractivity contribution in [1.29, 1.82) is 0 Å². The summed E-state index contributed by atoms with van der Waals surface area (Å²) >= 11 is 5.45. The SMILES string of the molecule is CCCc1nc(S/C(=C\c2cc(I)cc(I)c2OCc2ccccc2)C(=O)O)n[nH]1. The molecule has 9 heteroatoms. The Morgan fingerprint density at radius 2 is 2.03 bits per heavy atom. The van der Waals surface area contributed by atoms with Crippen LogP contribution in [0.4, 0.5) is 0 Å². The van der Waals surface area contributed by atoms with Crippen molar-refractivity contribution >= 4 is 69.0 Å². The molecule has 0 bridgehead atoms. The molecule has 0 radical (unpaired) electrons. The van der Waals surface area contributed by atoms with Crippen molar-refractivity contribution in [3.63, 3.8) is 0 Å². The first-order valence-electron chi connectivity index (χ1n) is 9.16. The summed E-state index contributed by atoms with van der Waals surface area (Å²) in [5.41, 5.74) is 1.75. The molecule has 6 nitrogen and oxygen atoms in total. The minimum Gasteiger partial charge on any atom is -0.487 e. The Labute approximate surface area is 206 Å². The largest absolute Gasteiger partial charge is 0.487 e. The Kier molecular flexibility index (Phi) is 8.57. The summed E-state index contributed by atoms with van der Waals surface area (Å²) in [5, 5.41) is 17.1. The normalized spacial score (nSPS) is 11.5. The first kappa shape index (κ1) is 23.1. The van der Waals surface area contributed by atoms with Crippen molar-refractivity contribution in [3.05, 3.63) is 71.5 Å². The van der Waals surface area contributed by atoms with Gasteiger partial charge in [0.25, 0.3) is 0 Å². The topological polar surface area (TPSA) is 88.1 Å². The molecule has 0 saturated heterocycles. The number of H-pyrrole nitrogens is 1. The number of halogens is 2. The van der Waals surface area contributed by atoms with E-state index in [-0.39, 0.29) is 4.91 Å². The van der Waals surface area contributed by atoms with Crippen molar-refractivity contribution in [2.24, 2.45) is 0 Å². The van der Waals surface area contributed by atoms with Gasteiger partial charge in [-0.15, -0.1) is 5.10 Å². The van der Waals surface area contributed by atoms with E-state index < -0.39 is 5.97 Å². The third kappa shape index (κ3) is 6.45. The van der Waals surface area contributed by atoms with Crippen molar-refractivity contribution < 1.29 is 14.6 Å². The summed E-state index contributed by atoms with van der Waals surface area (Å²) in [6, 6.07) is 13.8. The van der Waals surface area contributed by atoms with Gasteiger partial charge in [-0.3, -0.25) is 5.10 Å². The number of benzene rings is 2. The average Bonchev–Trinajstić information content (AvgIpc) is 3.15. The smallest absolute Gasteiger partial charge is 0.342 e. The zero-order valence-corrected chi connectivity index (χ0v) is 21.2. The molecule has 0 aliphatic carbocycles. The van der Waals surface area contributed by atoms with Crippen molar-refractivity contribution in [2.75, 3.05) is 0 Å². The van der Waals surface area contributed by atoms with Crippen LogP contribution in [0.3, 0.4) is 0 Å². The number of hydrogen-bond acceptors (Lipinski definition) is 5. The van der Waals surface area contributed by atoms with Crippen LogP contribution in [-0.4, -0.2) is 26.3 Å². The van der Waals surface area contributed by atoms with Crippen LogP contribution in [0, 0.1) is 7.14 Å². The van der Waals surface area contributed by atoms with Crippen LogP contribution in [-0.2, 0) is 17.8 Å². The van der Waals surface area contributed by atoms with Crippen LogP contribution < -0.4 is 4.74 Å². The lowest BCUT2D eigenvalue weighted by Crippen LogP contribution is -2.01. The summed E-state index contributed by atoms with van der Waals surface area (Å²) < 4.78 is 7.99. The number of ether oxygens (including phenoxy) is 1. The van der Waals surface area contributed by atoms with Gasteiger partial charge in [0.1, 0.15) is 23.1 Å². The van der Waals surface area contributed by atoms with Gasteiger partial charge in [-0.25, -0.2) is 9.78 Å². The summed E-state index contributed by atoms with van der Waals surface area (Å²) in [4.78, 5) is 16.4. The molecular weight excluding hydrogens is 628 g/mol. The highest BCUT2D eigenvalue weighted by Gasteiger charge is 2.17. The number of rotatable bonds is 9. The van der Waals surface area contributed by atoms with Gasteiger partial charge in [0.05, 0.1) is 3.57 Å². The Hall–Kier alpha value is -1.60. The van der Waals surface area contributed by atoms with E-state index in [0.717, 1.165) is 43.1 Å². The van der Waals surface area contributed by atoms with Gasteiger partial charge >= 0.3 is 5.97 Å². The number of nitrogens with one attached hydrogen (secondary N) is 1. The molecule has 3 rings (SSSR count). The first-order valence-corrected chi connectivity index (χ1v) is 12.1.